The zero-order chi connectivity index (χ0) is 30.3. The Bertz CT molecular complexity index is 1260. The van der Waals surface area contributed by atoms with E-state index >= 15 is 0 Å². The molecule has 15 nitrogen and oxygen atoms in total. The van der Waals surface area contributed by atoms with Gasteiger partial charge < -0.3 is 30.7 Å². The smallest absolute Gasteiger partial charge is 0.395 e. The highest BCUT2D eigenvalue weighted by Gasteiger charge is 2.57. The summed E-state index contributed by atoms with van der Waals surface area (Å²) in [5.74, 6) is 0.344. The predicted molar refractivity (Wildman–Crippen MR) is 152 cm³/mol. The van der Waals surface area contributed by atoms with Gasteiger partial charge in [0.25, 0.3) is 0 Å². The number of nitrogens with two attached hydrogens (primary N) is 1. The van der Waals surface area contributed by atoms with Crippen molar-refractivity contribution in [1.29, 1.82) is 0 Å². The Morgan fingerprint density at radius 1 is 1.39 bits per heavy atom. The van der Waals surface area contributed by atoms with Gasteiger partial charge in [-0.05, 0) is 31.0 Å². The highest BCUT2D eigenvalue weighted by molar-refractivity contribution is 8.13. The number of hydrogen-bond donors (Lipinski definition) is 5. The Hall–Kier alpha value is -2.75. The maximum absolute atomic E-state index is 13.8. The Labute approximate surface area is 241 Å². The number of amidine groups is 1. The molecule has 3 rings (SSSR count). The molecule has 0 radical (unpaired) electrons. The fourth-order valence-electron chi connectivity index (χ4n) is 3.66. The van der Waals surface area contributed by atoms with E-state index in [4.69, 9.17) is 19.5 Å². The lowest BCUT2D eigenvalue weighted by atomic mass is 9.97. The minimum atomic E-state index is -4.19. The second kappa shape index (κ2) is 13.9. The number of nitrogens with zero attached hydrogens (tertiary/aromatic N) is 5. The third-order valence-corrected chi connectivity index (χ3v) is 8.86. The van der Waals surface area contributed by atoms with Crippen molar-refractivity contribution in [3.63, 3.8) is 0 Å². The minimum absolute atomic E-state index is 0.0583. The lowest BCUT2D eigenvalue weighted by molar-refractivity contribution is -0.128. The summed E-state index contributed by atoms with van der Waals surface area (Å²) in [6, 6.07) is 8.95. The number of ether oxygens (including phenoxy) is 1. The molecular weight excluding hydrogens is 577 g/mol. The SMILES string of the molecule is C=C1N=C(N)C=CN1[C@@H]1O[C@@](COP(=O)(NCc2ccccc2)OCCSC(=O)C(C)(C)CO)(N=[N+]=[N-])C(O)[C@@H]1O. The number of thioether (sulfide) groups is 1. The van der Waals surface area contributed by atoms with Crippen LogP contribution in [0.25, 0.3) is 10.4 Å². The fourth-order valence-corrected chi connectivity index (χ4v) is 5.91. The molecule has 2 aliphatic heterocycles. The molecule has 2 aliphatic rings. The summed E-state index contributed by atoms with van der Waals surface area (Å²) in [6.07, 6.45) is -1.92. The van der Waals surface area contributed by atoms with Crippen LogP contribution >= 0.6 is 19.5 Å². The Balaban J connectivity index is 1.76. The third-order valence-electron chi connectivity index (χ3n) is 6.14. The molecule has 1 saturated heterocycles. The van der Waals surface area contributed by atoms with Crippen LogP contribution in [0.5, 0.6) is 0 Å². The van der Waals surface area contributed by atoms with Crippen molar-refractivity contribution in [2.75, 3.05) is 25.6 Å². The average molecular weight is 612 g/mol. The molecule has 41 heavy (non-hydrogen) atoms. The van der Waals surface area contributed by atoms with Crippen LogP contribution in [0.4, 0.5) is 0 Å². The van der Waals surface area contributed by atoms with Crippen LogP contribution < -0.4 is 10.8 Å². The zero-order valence-electron chi connectivity index (χ0n) is 22.6. The van der Waals surface area contributed by atoms with E-state index < -0.39 is 43.9 Å². The standard InChI is InChI=1S/C24H34N7O8PS/c1-16-28-18(25)9-10-31(16)21-19(33)20(34)24(39-21,29-30-26)15-38-40(36,27-13-17-7-5-4-6-8-17)37-11-12-41-22(35)23(2,3)14-32/h4-10,19-21,32-34H,1,11-15H2,2-3H3,(H2,25,28)(H,27,36)/t19-,20?,21+,24+,40?/m0/s1. The molecule has 224 valence electrons. The van der Waals surface area contributed by atoms with Crippen molar-refractivity contribution in [2.24, 2.45) is 21.3 Å². The van der Waals surface area contributed by atoms with Gasteiger partial charge in [-0.25, -0.2) is 14.6 Å². The first-order chi connectivity index (χ1) is 19.4. The van der Waals surface area contributed by atoms with Crippen LogP contribution in [0, 0.1) is 5.41 Å². The molecule has 1 aromatic carbocycles. The number of benzene rings is 1. The lowest BCUT2D eigenvalue weighted by Crippen LogP contribution is -2.45. The first-order valence-electron chi connectivity index (χ1n) is 12.4. The summed E-state index contributed by atoms with van der Waals surface area (Å²) in [6.45, 7) is 5.67. The van der Waals surface area contributed by atoms with Gasteiger partial charge in [0.15, 0.2) is 11.3 Å². The lowest BCUT2D eigenvalue weighted by Gasteiger charge is -2.32. The number of hydrogen-bond acceptors (Lipinski definition) is 13. The maximum atomic E-state index is 13.8. The summed E-state index contributed by atoms with van der Waals surface area (Å²) in [5.41, 5.74) is 12.5. The van der Waals surface area contributed by atoms with E-state index in [-0.39, 0.29) is 42.3 Å². The van der Waals surface area contributed by atoms with Crippen molar-refractivity contribution in [2.45, 2.75) is 44.6 Å². The molecule has 0 spiro atoms. The molecule has 0 bridgehead atoms. The van der Waals surface area contributed by atoms with Crippen molar-refractivity contribution >= 4 is 30.5 Å². The van der Waals surface area contributed by atoms with Gasteiger partial charge in [0.2, 0.25) is 5.72 Å². The highest BCUT2D eigenvalue weighted by atomic mass is 32.2. The van der Waals surface area contributed by atoms with Gasteiger partial charge in [0.05, 0.1) is 25.2 Å². The normalized spacial score (nSPS) is 25.9. The molecule has 17 heteroatoms. The number of carbonyl (C=O) groups excluding carboxylic acids is 1. The summed E-state index contributed by atoms with van der Waals surface area (Å²) in [5, 5.41) is 37.0. The van der Waals surface area contributed by atoms with Crippen molar-refractivity contribution in [3.05, 3.63) is 71.0 Å². The first-order valence-corrected chi connectivity index (χ1v) is 15.0. The molecule has 6 N–H and O–H groups in total. The van der Waals surface area contributed by atoms with Gasteiger partial charge in [0.1, 0.15) is 23.9 Å². The van der Waals surface area contributed by atoms with Crippen LogP contribution in [-0.4, -0.2) is 80.9 Å². The fraction of sp³-hybridized carbons (Fsp3) is 0.500. The van der Waals surface area contributed by atoms with Gasteiger partial charge in [-0.2, -0.15) is 0 Å². The number of aliphatic imine (C=N–C) groups is 1. The molecule has 0 aliphatic carbocycles. The van der Waals surface area contributed by atoms with E-state index in [0.717, 1.165) is 17.3 Å². The van der Waals surface area contributed by atoms with E-state index in [1.807, 2.05) is 6.07 Å². The number of aliphatic hydroxyl groups is 3. The van der Waals surface area contributed by atoms with Gasteiger partial charge in [0, 0.05) is 23.4 Å². The summed E-state index contributed by atoms with van der Waals surface area (Å²) in [4.78, 5) is 20.3. The van der Waals surface area contributed by atoms with E-state index in [1.165, 1.54) is 17.2 Å². The largest absolute Gasteiger partial charge is 0.405 e. The van der Waals surface area contributed by atoms with Gasteiger partial charge >= 0.3 is 7.75 Å². The Kier molecular flexibility index (Phi) is 11.1. The molecule has 1 aromatic rings. The summed E-state index contributed by atoms with van der Waals surface area (Å²) >= 11 is 0.899. The predicted octanol–water partition coefficient (Wildman–Crippen LogP) is 1.94. The van der Waals surface area contributed by atoms with Crippen LogP contribution in [-0.2, 0) is 29.7 Å². The van der Waals surface area contributed by atoms with Crippen LogP contribution in [0.3, 0.4) is 0 Å². The number of rotatable bonds is 14. The molecule has 5 atom stereocenters. The number of azide groups is 1. The van der Waals surface area contributed by atoms with Gasteiger partial charge in [-0.3, -0.25) is 13.8 Å². The van der Waals surface area contributed by atoms with Crippen LogP contribution in [0.15, 0.2) is 65.1 Å². The molecule has 0 saturated carbocycles. The number of carbonyl (C=O) groups is 1. The highest BCUT2D eigenvalue weighted by Crippen LogP contribution is 2.47. The third kappa shape index (κ3) is 8.17. The minimum Gasteiger partial charge on any atom is -0.395 e. The van der Waals surface area contributed by atoms with Crippen molar-refractivity contribution in [1.82, 2.24) is 9.99 Å². The topological polar surface area (TPSA) is 225 Å². The number of aliphatic hydroxyl groups excluding tert-OH is 3. The first kappa shape index (κ1) is 32.8. The molecule has 2 heterocycles. The van der Waals surface area contributed by atoms with Crippen molar-refractivity contribution < 1.29 is 38.5 Å². The van der Waals surface area contributed by atoms with Gasteiger partial charge in [-0.15, -0.1) is 0 Å². The molecule has 2 unspecified atom stereocenters. The van der Waals surface area contributed by atoms with Crippen molar-refractivity contribution in [3.8, 4) is 0 Å². The molecule has 0 aromatic heterocycles. The summed E-state index contributed by atoms with van der Waals surface area (Å²) < 4.78 is 30.7. The average Bonchev–Trinajstić information content (AvgIpc) is 3.19. The second-order valence-corrected chi connectivity index (χ2v) is 12.7. The molecule has 1 fully saturated rings. The Morgan fingerprint density at radius 2 is 2.10 bits per heavy atom. The molecular formula is C24H34N7O8PS. The van der Waals surface area contributed by atoms with E-state index in [2.05, 4.69) is 26.7 Å². The molecule has 0 amide bonds. The zero-order valence-corrected chi connectivity index (χ0v) is 24.3. The van der Waals surface area contributed by atoms with E-state index in [1.54, 1.807) is 38.1 Å². The van der Waals surface area contributed by atoms with Crippen LogP contribution in [0.2, 0.25) is 0 Å². The maximum Gasteiger partial charge on any atom is 0.405 e. The van der Waals surface area contributed by atoms with E-state index in [9.17, 15) is 30.2 Å². The Morgan fingerprint density at radius 3 is 2.73 bits per heavy atom. The quantitative estimate of drug-likeness (QED) is 0.0669. The number of nitrogens with one attached hydrogen (secondary N) is 1. The second-order valence-electron chi connectivity index (χ2n) is 9.76. The van der Waals surface area contributed by atoms with Crippen LogP contribution in [0.1, 0.15) is 19.4 Å². The van der Waals surface area contributed by atoms with E-state index in [0.29, 0.717) is 0 Å². The summed E-state index contributed by atoms with van der Waals surface area (Å²) in [7, 11) is -4.19. The van der Waals surface area contributed by atoms with Gasteiger partial charge in [-0.1, -0.05) is 53.8 Å². The monoisotopic (exact) mass is 611 g/mol.